The third-order valence-electron chi connectivity index (χ3n) is 4.83. The van der Waals surface area contributed by atoms with Crippen LogP contribution in [0, 0.1) is 19.8 Å². The molecule has 1 aliphatic carbocycles. The van der Waals surface area contributed by atoms with Gasteiger partial charge in [0, 0.05) is 5.88 Å². The van der Waals surface area contributed by atoms with Crippen LogP contribution < -0.4 is 5.32 Å². The number of alkyl halides is 1. The second kappa shape index (κ2) is 6.83. The number of amides is 1. The van der Waals surface area contributed by atoms with Crippen LogP contribution in [0.25, 0.3) is 0 Å². The van der Waals surface area contributed by atoms with E-state index in [1.807, 2.05) is 6.07 Å². The Morgan fingerprint density at radius 1 is 1.29 bits per heavy atom. The molecule has 1 saturated carbocycles. The fraction of sp³-hybridized carbons (Fsp3) is 0.611. The van der Waals surface area contributed by atoms with Crippen LogP contribution in [0.5, 0.6) is 0 Å². The van der Waals surface area contributed by atoms with Crippen LogP contribution >= 0.6 is 11.6 Å². The number of rotatable bonds is 4. The standard InChI is InChI=1S/C18H26ClNO/c1-13-6-8-18(12-19,9-7-13)20-17(21)11-16-5-4-14(2)15(3)10-16/h4-5,10,13H,6-9,11-12H2,1-3H3,(H,20,21). The van der Waals surface area contributed by atoms with Crippen LogP contribution in [0.3, 0.4) is 0 Å². The molecule has 1 N–H and O–H groups in total. The molecule has 0 aromatic heterocycles. The molecule has 116 valence electrons. The summed E-state index contributed by atoms with van der Waals surface area (Å²) in [7, 11) is 0. The van der Waals surface area contributed by atoms with Gasteiger partial charge >= 0.3 is 0 Å². The maximum absolute atomic E-state index is 12.4. The van der Waals surface area contributed by atoms with Crippen molar-refractivity contribution in [3.05, 3.63) is 34.9 Å². The Morgan fingerprint density at radius 2 is 1.95 bits per heavy atom. The summed E-state index contributed by atoms with van der Waals surface area (Å²) < 4.78 is 0. The highest BCUT2D eigenvalue weighted by molar-refractivity contribution is 6.18. The molecule has 2 rings (SSSR count). The van der Waals surface area contributed by atoms with E-state index in [-0.39, 0.29) is 11.4 Å². The van der Waals surface area contributed by atoms with E-state index in [9.17, 15) is 4.79 Å². The number of hydrogen-bond acceptors (Lipinski definition) is 1. The van der Waals surface area contributed by atoms with Crippen LogP contribution in [-0.4, -0.2) is 17.3 Å². The van der Waals surface area contributed by atoms with Gasteiger partial charge in [-0.25, -0.2) is 0 Å². The lowest BCUT2D eigenvalue weighted by molar-refractivity contribution is -0.122. The Morgan fingerprint density at radius 3 is 2.52 bits per heavy atom. The van der Waals surface area contributed by atoms with Gasteiger partial charge in [0.2, 0.25) is 5.91 Å². The van der Waals surface area contributed by atoms with E-state index >= 15 is 0 Å². The lowest BCUT2D eigenvalue weighted by atomic mass is 9.78. The highest BCUT2D eigenvalue weighted by atomic mass is 35.5. The average Bonchev–Trinajstić information content (AvgIpc) is 2.46. The molecule has 0 heterocycles. The monoisotopic (exact) mass is 307 g/mol. The van der Waals surface area contributed by atoms with E-state index in [4.69, 9.17) is 11.6 Å². The fourth-order valence-electron chi connectivity index (χ4n) is 3.05. The van der Waals surface area contributed by atoms with Crippen molar-refractivity contribution in [3.63, 3.8) is 0 Å². The summed E-state index contributed by atoms with van der Waals surface area (Å²) in [6.07, 6.45) is 4.73. The van der Waals surface area contributed by atoms with Crippen LogP contribution in [-0.2, 0) is 11.2 Å². The van der Waals surface area contributed by atoms with Crippen molar-refractivity contribution in [1.82, 2.24) is 5.32 Å². The van der Waals surface area contributed by atoms with E-state index in [0.717, 1.165) is 37.2 Å². The predicted molar refractivity (Wildman–Crippen MR) is 88.8 cm³/mol. The zero-order valence-corrected chi connectivity index (χ0v) is 14.1. The molecule has 1 aromatic carbocycles. The maximum Gasteiger partial charge on any atom is 0.224 e. The molecule has 1 aromatic rings. The van der Waals surface area contributed by atoms with Crippen LogP contribution in [0.15, 0.2) is 18.2 Å². The van der Waals surface area contributed by atoms with Gasteiger partial charge in [-0.2, -0.15) is 0 Å². The largest absolute Gasteiger partial charge is 0.349 e. The van der Waals surface area contributed by atoms with E-state index in [2.05, 4.69) is 38.2 Å². The molecule has 21 heavy (non-hydrogen) atoms. The van der Waals surface area contributed by atoms with Crippen molar-refractivity contribution in [1.29, 1.82) is 0 Å². The Hall–Kier alpha value is -1.02. The third-order valence-corrected chi connectivity index (χ3v) is 5.34. The molecule has 1 fully saturated rings. The molecule has 0 unspecified atom stereocenters. The van der Waals surface area contributed by atoms with Gasteiger partial charge in [0.25, 0.3) is 0 Å². The van der Waals surface area contributed by atoms with Gasteiger partial charge in [0.05, 0.1) is 12.0 Å². The molecule has 0 atom stereocenters. The van der Waals surface area contributed by atoms with Gasteiger partial charge in [0.15, 0.2) is 0 Å². The first kappa shape index (κ1) is 16.4. The van der Waals surface area contributed by atoms with Crippen LogP contribution in [0.4, 0.5) is 0 Å². The maximum atomic E-state index is 12.4. The highest BCUT2D eigenvalue weighted by Crippen LogP contribution is 2.32. The molecule has 2 nitrogen and oxygen atoms in total. The topological polar surface area (TPSA) is 29.1 Å². The summed E-state index contributed by atoms with van der Waals surface area (Å²) in [5.74, 6) is 1.35. The van der Waals surface area contributed by atoms with Gasteiger partial charge < -0.3 is 5.32 Å². The normalized spacial score (nSPS) is 25.6. The Kier molecular flexibility index (Phi) is 5.32. The molecule has 1 aliphatic rings. The van der Waals surface area contributed by atoms with Crippen molar-refractivity contribution in [2.75, 3.05) is 5.88 Å². The summed E-state index contributed by atoms with van der Waals surface area (Å²) in [6.45, 7) is 6.44. The molecule has 0 aliphatic heterocycles. The zero-order valence-electron chi connectivity index (χ0n) is 13.3. The number of carbonyl (C=O) groups is 1. The SMILES string of the molecule is Cc1ccc(CC(=O)NC2(CCl)CCC(C)CC2)cc1C. The average molecular weight is 308 g/mol. The molecular formula is C18H26ClNO. The molecule has 0 saturated heterocycles. The first-order valence-corrected chi connectivity index (χ1v) is 8.41. The number of aryl methyl sites for hydroxylation is 2. The lowest BCUT2D eigenvalue weighted by Gasteiger charge is -2.38. The number of hydrogen-bond donors (Lipinski definition) is 1. The van der Waals surface area contributed by atoms with Crippen molar-refractivity contribution in [2.45, 2.75) is 58.4 Å². The lowest BCUT2D eigenvalue weighted by Crippen LogP contribution is -2.52. The van der Waals surface area contributed by atoms with Gasteiger partial charge in [-0.3, -0.25) is 4.79 Å². The summed E-state index contributed by atoms with van der Waals surface area (Å²) >= 11 is 6.16. The molecule has 0 spiro atoms. The molecular weight excluding hydrogens is 282 g/mol. The van der Waals surface area contributed by atoms with Crippen molar-refractivity contribution >= 4 is 17.5 Å². The van der Waals surface area contributed by atoms with Gasteiger partial charge in [-0.1, -0.05) is 25.1 Å². The van der Waals surface area contributed by atoms with Gasteiger partial charge in [0.1, 0.15) is 0 Å². The van der Waals surface area contributed by atoms with E-state index in [0.29, 0.717) is 12.3 Å². The Balaban J connectivity index is 1.98. The summed E-state index contributed by atoms with van der Waals surface area (Å²) in [5, 5.41) is 3.21. The second-order valence-electron chi connectivity index (χ2n) is 6.74. The number of benzene rings is 1. The minimum absolute atomic E-state index is 0.0912. The fourth-order valence-corrected chi connectivity index (χ4v) is 3.38. The number of halogens is 1. The Bertz CT molecular complexity index is 504. The van der Waals surface area contributed by atoms with Crippen LogP contribution in [0.1, 0.15) is 49.3 Å². The summed E-state index contributed by atoms with van der Waals surface area (Å²) in [4.78, 5) is 12.4. The van der Waals surface area contributed by atoms with Crippen molar-refractivity contribution in [3.8, 4) is 0 Å². The molecule has 0 bridgehead atoms. The second-order valence-corrected chi connectivity index (χ2v) is 7.01. The Labute approximate surface area is 133 Å². The summed E-state index contributed by atoms with van der Waals surface area (Å²) in [6, 6.07) is 6.22. The molecule has 3 heteroatoms. The highest BCUT2D eigenvalue weighted by Gasteiger charge is 2.34. The predicted octanol–water partition coefficient (Wildman–Crippen LogP) is 4.15. The van der Waals surface area contributed by atoms with E-state index in [1.54, 1.807) is 0 Å². The minimum Gasteiger partial charge on any atom is -0.349 e. The quantitative estimate of drug-likeness (QED) is 0.832. The van der Waals surface area contributed by atoms with Crippen LogP contribution in [0.2, 0.25) is 0 Å². The third kappa shape index (κ3) is 4.23. The zero-order chi connectivity index (χ0) is 15.5. The van der Waals surface area contributed by atoms with E-state index in [1.165, 1.54) is 11.1 Å². The number of carbonyl (C=O) groups excluding carboxylic acids is 1. The summed E-state index contributed by atoms with van der Waals surface area (Å²) in [5.41, 5.74) is 3.38. The smallest absolute Gasteiger partial charge is 0.224 e. The van der Waals surface area contributed by atoms with Gasteiger partial charge in [-0.05, 0) is 62.1 Å². The molecule has 1 amide bonds. The minimum atomic E-state index is -0.190. The number of nitrogens with one attached hydrogen (secondary N) is 1. The van der Waals surface area contributed by atoms with Crippen molar-refractivity contribution < 1.29 is 4.79 Å². The van der Waals surface area contributed by atoms with E-state index < -0.39 is 0 Å². The van der Waals surface area contributed by atoms with Crippen molar-refractivity contribution in [2.24, 2.45) is 5.92 Å². The first-order chi connectivity index (χ1) is 9.94. The molecule has 0 radical (unpaired) electrons. The van der Waals surface area contributed by atoms with Gasteiger partial charge in [-0.15, -0.1) is 11.6 Å². The first-order valence-electron chi connectivity index (χ1n) is 7.87.